The second kappa shape index (κ2) is 10.3. The highest BCUT2D eigenvalue weighted by molar-refractivity contribution is 7.22. The number of nitrogens with zero attached hydrogens (tertiary/aromatic N) is 2. The van der Waals surface area contributed by atoms with E-state index >= 15 is 0 Å². The van der Waals surface area contributed by atoms with E-state index in [4.69, 9.17) is 0 Å². The van der Waals surface area contributed by atoms with Crippen molar-refractivity contribution < 1.29 is 9.59 Å². The van der Waals surface area contributed by atoms with Crippen molar-refractivity contribution in [1.82, 2.24) is 15.2 Å². The van der Waals surface area contributed by atoms with Crippen molar-refractivity contribution in [3.05, 3.63) is 59.7 Å². The van der Waals surface area contributed by atoms with E-state index in [0.717, 1.165) is 35.3 Å². The molecule has 0 saturated heterocycles. The standard InChI is InChI=1S/C23H28N4O2S/c1-4-19(15-27(3)14-17-8-6-5-7-9-17)25-22(29)13-18-10-11-20-21(12-18)30-23(26-20)24-16(2)28/h5-12,19H,4,13-15H2,1-3H3,(H,25,29)(H,24,26,28)/t19-/m1/s1. The molecule has 0 unspecified atom stereocenters. The Morgan fingerprint density at radius 2 is 1.90 bits per heavy atom. The van der Waals surface area contributed by atoms with Gasteiger partial charge in [-0.1, -0.05) is 54.7 Å². The SMILES string of the molecule is CC[C@H](CN(C)Cc1ccccc1)NC(=O)Cc1ccc2nc(NC(C)=O)sc2c1. The number of fused-ring (bicyclic) bond motifs is 1. The maximum Gasteiger partial charge on any atom is 0.224 e. The van der Waals surface area contributed by atoms with Crippen molar-refractivity contribution in [1.29, 1.82) is 0 Å². The van der Waals surface area contributed by atoms with E-state index in [1.165, 1.54) is 23.8 Å². The lowest BCUT2D eigenvalue weighted by Gasteiger charge is -2.24. The molecule has 0 aliphatic rings. The molecule has 0 aliphatic carbocycles. The number of rotatable bonds is 9. The molecule has 2 aromatic carbocycles. The number of thiazole rings is 1. The summed E-state index contributed by atoms with van der Waals surface area (Å²) in [5, 5.41) is 6.45. The fourth-order valence-electron chi connectivity index (χ4n) is 3.36. The summed E-state index contributed by atoms with van der Waals surface area (Å²) in [6.45, 7) is 5.20. The highest BCUT2D eigenvalue weighted by Crippen LogP contribution is 2.27. The van der Waals surface area contributed by atoms with E-state index in [2.05, 4.69) is 46.6 Å². The second-order valence-electron chi connectivity index (χ2n) is 7.53. The molecule has 30 heavy (non-hydrogen) atoms. The number of carbonyl (C=O) groups is 2. The number of aromatic nitrogens is 1. The summed E-state index contributed by atoms with van der Waals surface area (Å²) in [6, 6.07) is 16.2. The van der Waals surface area contributed by atoms with Gasteiger partial charge in [0.15, 0.2) is 5.13 Å². The third-order valence-electron chi connectivity index (χ3n) is 4.79. The topological polar surface area (TPSA) is 74.3 Å². The molecular formula is C23H28N4O2S. The van der Waals surface area contributed by atoms with Gasteiger partial charge in [-0.3, -0.25) is 9.59 Å². The minimum atomic E-state index is -0.142. The van der Waals surface area contributed by atoms with E-state index in [9.17, 15) is 9.59 Å². The van der Waals surface area contributed by atoms with Crippen LogP contribution in [-0.2, 0) is 22.6 Å². The number of benzene rings is 2. The van der Waals surface area contributed by atoms with Crippen LogP contribution < -0.4 is 10.6 Å². The molecule has 0 saturated carbocycles. The summed E-state index contributed by atoms with van der Waals surface area (Å²) in [7, 11) is 2.08. The Kier molecular flexibility index (Phi) is 7.54. The number of anilines is 1. The van der Waals surface area contributed by atoms with Crippen LogP contribution in [0.5, 0.6) is 0 Å². The van der Waals surface area contributed by atoms with Gasteiger partial charge in [-0.25, -0.2) is 4.98 Å². The molecule has 0 bridgehead atoms. The van der Waals surface area contributed by atoms with E-state index in [0.29, 0.717) is 11.6 Å². The third kappa shape index (κ3) is 6.37. The predicted octanol–water partition coefficient (Wildman–Crippen LogP) is 3.82. The predicted molar refractivity (Wildman–Crippen MR) is 123 cm³/mol. The van der Waals surface area contributed by atoms with Crippen LogP contribution in [0.1, 0.15) is 31.4 Å². The smallest absolute Gasteiger partial charge is 0.224 e. The van der Waals surface area contributed by atoms with Gasteiger partial charge in [0.1, 0.15) is 0 Å². The monoisotopic (exact) mass is 424 g/mol. The van der Waals surface area contributed by atoms with Crippen LogP contribution in [0.25, 0.3) is 10.2 Å². The largest absolute Gasteiger partial charge is 0.352 e. The van der Waals surface area contributed by atoms with Crippen LogP contribution in [0.2, 0.25) is 0 Å². The Balaban J connectivity index is 1.55. The van der Waals surface area contributed by atoms with Crippen molar-refractivity contribution in [3.63, 3.8) is 0 Å². The molecule has 3 rings (SSSR count). The zero-order valence-electron chi connectivity index (χ0n) is 17.6. The molecule has 1 aromatic heterocycles. The van der Waals surface area contributed by atoms with Crippen molar-refractivity contribution in [2.75, 3.05) is 18.9 Å². The zero-order chi connectivity index (χ0) is 21.5. The molecule has 2 N–H and O–H groups in total. The molecule has 0 radical (unpaired) electrons. The molecular weight excluding hydrogens is 396 g/mol. The minimum Gasteiger partial charge on any atom is -0.352 e. The number of nitrogens with one attached hydrogen (secondary N) is 2. The molecule has 1 heterocycles. The first kappa shape index (κ1) is 21.9. The van der Waals surface area contributed by atoms with E-state index in [1.807, 2.05) is 36.4 Å². The number of likely N-dealkylation sites (N-methyl/N-ethyl adjacent to an activating group) is 1. The van der Waals surface area contributed by atoms with E-state index < -0.39 is 0 Å². The lowest BCUT2D eigenvalue weighted by atomic mass is 10.1. The highest BCUT2D eigenvalue weighted by Gasteiger charge is 2.14. The van der Waals surface area contributed by atoms with Gasteiger partial charge in [0, 0.05) is 26.1 Å². The molecule has 3 aromatic rings. The Bertz CT molecular complexity index is 1000. The molecule has 6 nitrogen and oxygen atoms in total. The van der Waals surface area contributed by atoms with Crippen molar-refractivity contribution in [2.24, 2.45) is 0 Å². The van der Waals surface area contributed by atoms with Gasteiger partial charge in [0.05, 0.1) is 16.6 Å². The minimum absolute atomic E-state index is 0.0147. The van der Waals surface area contributed by atoms with Crippen molar-refractivity contribution in [2.45, 2.75) is 39.3 Å². The van der Waals surface area contributed by atoms with Crippen LogP contribution >= 0.6 is 11.3 Å². The van der Waals surface area contributed by atoms with Gasteiger partial charge >= 0.3 is 0 Å². The summed E-state index contributed by atoms with van der Waals surface area (Å²) in [5.41, 5.74) is 3.02. The van der Waals surface area contributed by atoms with Gasteiger partial charge < -0.3 is 15.5 Å². The maximum atomic E-state index is 12.6. The molecule has 0 spiro atoms. The summed E-state index contributed by atoms with van der Waals surface area (Å²) in [5.74, 6) is -0.127. The summed E-state index contributed by atoms with van der Waals surface area (Å²) < 4.78 is 0.957. The fraction of sp³-hybridized carbons (Fsp3) is 0.348. The maximum absolute atomic E-state index is 12.6. The summed E-state index contributed by atoms with van der Waals surface area (Å²) in [4.78, 5) is 30.4. The average Bonchev–Trinajstić information content (AvgIpc) is 3.08. The molecule has 1 atom stereocenters. The fourth-order valence-corrected chi connectivity index (χ4v) is 4.34. The van der Waals surface area contributed by atoms with Crippen molar-refractivity contribution in [3.8, 4) is 0 Å². The third-order valence-corrected chi connectivity index (χ3v) is 5.72. The van der Waals surface area contributed by atoms with Crippen LogP contribution in [0, 0.1) is 0 Å². The Morgan fingerprint density at radius 1 is 1.13 bits per heavy atom. The van der Waals surface area contributed by atoms with E-state index in [1.54, 1.807) is 0 Å². The first-order valence-corrected chi connectivity index (χ1v) is 10.9. The average molecular weight is 425 g/mol. The number of amides is 2. The lowest BCUT2D eigenvalue weighted by molar-refractivity contribution is -0.121. The van der Waals surface area contributed by atoms with Crippen LogP contribution in [0.3, 0.4) is 0 Å². The molecule has 0 aliphatic heterocycles. The number of carbonyl (C=O) groups excluding carboxylic acids is 2. The molecule has 7 heteroatoms. The summed E-state index contributed by atoms with van der Waals surface area (Å²) >= 11 is 1.41. The van der Waals surface area contributed by atoms with E-state index in [-0.39, 0.29) is 17.9 Å². The van der Waals surface area contributed by atoms with Crippen LogP contribution in [0.4, 0.5) is 5.13 Å². The van der Waals surface area contributed by atoms with Crippen LogP contribution in [0.15, 0.2) is 48.5 Å². The van der Waals surface area contributed by atoms with Gasteiger partial charge in [-0.05, 0) is 36.7 Å². The van der Waals surface area contributed by atoms with Crippen LogP contribution in [-0.4, -0.2) is 41.3 Å². The number of hydrogen-bond acceptors (Lipinski definition) is 5. The Labute approximate surface area is 181 Å². The Morgan fingerprint density at radius 3 is 2.60 bits per heavy atom. The highest BCUT2D eigenvalue weighted by atomic mass is 32.1. The van der Waals surface area contributed by atoms with Gasteiger partial charge in [0.2, 0.25) is 11.8 Å². The number of hydrogen-bond donors (Lipinski definition) is 2. The lowest BCUT2D eigenvalue weighted by Crippen LogP contribution is -2.42. The first-order chi connectivity index (χ1) is 14.4. The first-order valence-electron chi connectivity index (χ1n) is 10.1. The van der Waals surface area contributed by atoms with Crippen molar-refractivity contribution >= 4 is 38.5 Å². The van der Waals surface area contributed by atoms with Gasteiger partial charge in [0.25, 0.3) is 0 Å². The van der Waals surface area contributed by atoms with Gasteiger partial charge in [-0.15, -0.1) is 0 Å². The normalized spacial score (nSPS) is 12.1. The quantitative estimate of drug-likeness (QED) is 0.548. The Hall–Kier alpha value is -2.77. The summed E-state index contributed by atoms with van der Waals surface area (Å²) in [6.07, 6.45) is 1.20. The second-order valence-corrected chi connectivity index (χ2v) is 8.56. The molecule has 158 valence electrons. The molecule has 0 fully saturated rings. The molecule has 2 amide bonds. The zero-order valence-corrected chi connectivity index (χ0v) is 18.5. The van der Waals surface area contributed by atoms with Gasteiger partial charge in [-0.2, -0.15) is 0 Å².